The van der Waals surface area contributed by atoms with Gasteiger partial charge < -0.3 is 14.2 Å². The molecule has 3 saturated heterocycles. The van der Waals surface area contributed by atoms with Crippen molar-refractivity contribution in [2.24, 2.45) is 11.8 Å². The normalized spacial score (nSPS) is 41.3. The van der Waals surface area contributed by atoms with Gasteiger partial charge in [-0.1, -0.05) is 0 Å². The molecule has 0 aliphatic carbocycles. The minimum absolute atomic E-state index is 0.295. The number of hydrogen-bond donors (Lipinski definition) is 0. The summed E-state index contributed by atoms with van der Waals surface area (Å²) in [5, 5.41) is 0. The van der Waals surface area contributed by atoms with Crippen LogP contribution < -0.4 is 0 Å². The van der Waals surface area contributed by atoms with Gasteiger partial charge in [0, 0.05) is 13.3 Å². The minimum Gasteiger partial charge on any atom is -0.459 e. The van der Waals surface area contributed by atoms with Crippen LogP contribution in [0, 0.1) is 11.8 Å². The predicted octanol–water partition coefficient (Wildman–Crippen LogP) is 0.902. The highest BCUT2D eigenvalue weighted by atomic mass is 19.3. The number of ether oxygens (including phenoxy) is 3. The lowest BCUT2D eigenvalue weighted by molar-refractivity contribution is -0.175. The molecule has 0 amide bonds. The van der Waals surface area contributed by atoms with Crippen LogP contribution in [0.2, 0.25) is 0 Å². The van der Waals surface area contributed by atoms with E-state index in [-0.39, 0.29) is 6.10 Å². The van der Waals surface area contributed by atoms with Gasteiger partial charge in [-0.2, -0.15) is 0 Å². The number of carbonyl (C=O) groups is 2. The van der Waals surface area contributed by atoms with Crippen molar-refractivity contribution in [1.82, 2.24) is 0 Å². The summed E-state index contributed by atoms with van der Waals surface area (Å²) in [7, 11) is 0. The molecule has 3 fully saturated rings. The molecule has 5 nitrogen and oxygen atoms in total. The monoisotopic (exact) mass is 276 g/mol. The van der Waals surface area contributed by atoms with Gasteiger partial charge in [0.25, 0.3) is 5.92 Å². The molecule has 0 aromatic heterocycles. The molecule has 2 bridgehead atoms. The van der Waals surface area contributed by atoms with E-state index in [1.807, 2.05) is 0 Å². The van der Waals surface area contributed by atoms with Gasteiger partial charge >= 0.3 is 11.9 Å². The van der Waals surface area contributed by atoms with Gasteiger partial charge in [0.15, 0.2) is 6.10 Å². The number of fused-ring (bicyclic) bond motifs is 1. The van der Waals surface area contributed by atoms with E-state index in [2.05, 4.69) is 0 Å². The lowest BCUT2D eigenvalue weighted by Crippen LogP contribution is -2.41. The maximum atomic E-state index is 13.0. The van der Waals surface area contributed by atoms with E-state index in [0.717, 1.165) is 6.92 Å². The Morgan fingerprint density at radius 3 is 2.79 bits per heavy atom. The van der Waals surface area contributed by atoms with Gasteiger partial charge in [0.05, 0.1) is 12.0 Å². The highest BCUT2D eigenvalue weighted by Crippen LogP contribution is 2.50. The Balaban J connectivity index is 1.73. The first kappa shape index (κ1) is 12.8. The van der Waals surface area contributed by atoms with Gasteiger partial charge in [-0.05, 0) is 6.92 Å². The second-order valence-corrected chi connectivity index (χ2v) is 5.44. The molecule has 3 heterocycles. The average Bonchev–Trinajstić information content (AvgIpc) is 2.87. The second-order valence-electron chi connectivity index (χ2n) is 5.44. The molecule has 106 valence electrons. The molecule has 0 aromatic carbocycles. The highest BCUT2D eigenvalue weighted by molar-refractivity contribution is 5.86. The van der Waals surface area contributed by atoms with E-state index in [0.29, 0.717) is 13.3 Å². The van der Waals surface area contributed by atoms with Gasteiger partial charge in [-0.3, -0.25) is 9.59 Å². The summed E-state index contributed by atoms with van der Waals surface area (Å²) in [6, 6.07) is 0. The summed E-state index contributed by atoms with van der Waals surface area (Å²) in [6.45, 7) is 1.81. The Bertz CT molecular complexity index is 430. The van der Waals surface area contributed by atoms with Crippen molar-refractivity contribution in [3.05, 3.63) is 0 Å². The molecule has 0 radical (unpaired) electrons. The molecule has 6 unspecified atom stereocenters. The first-order chi connectivity index (χ1) is 8.79. The molecule has 0 aromatic rings. The highest BCUT2D eigenvalue weighted by Gasteiger charge is 2.66. The SMILES string of the molecule is CC(OC(=O)C1C2CC3OC(=O)C1C3O2)C(C)(F)F. The maximum absolute atomic E-state index is 13.0. The Labute approximate surface area is 108 Å². The van der Waals surface area contributed by atoms with Crippen molar-refractivity contribution in [2.45, 2.75) is 50.6 Å². The van der Waals surface area contributed by atoms with Gasteiger partial charge in [0.1, 0.15) is 18.1 Å². The Kier molecular flexibility index (Phi) is 2.61. The predicted molar refractivity (Wildman–Crippen MR) is 56.3 cm³/mol. The van der Waals surface area contributed by atoms with Crippen LogP contribution in [-0.2, 0) is 23.8 Å². The Hall–Kier alpha value is -1.24. The van der Waals surface area contributed by atoms with Crippen LogP contribution in [0.25, 0.3) is 0 Å². The fourth-order valence-corrected chi connectivity index (χ4v) is 2.97. The van der Waals surface area contributed by atoms with Crippen molar-refractivity contribution in [2.75, 3.05) is 0 Å². The molecule has 3 aliphatic heterocycles. The van der Waals surface area contributed by atoms with E-state index in [9.17, 15) is 18.4 Å². The van der Waals surface area contributed by atoms with Crippen molar-refractivity contribution in [3.63, 3.8) is 0 Å². The minimum atomic E-state index is -3.12. The molecule has 0 spiro atoms. The fraction of sp³-hybridized carbons (Fsp3) is 0.833. The quantitative estimate of drug-likeness (QED) is 0.717. The summed E-state index contributed by atoms with van der Waals surface area (Å²) in [5.74, 6) is -5.93. The number of esters is 2. The molecule has 3 rings (SSSR count). The zero-order valence-electron chi connectivity index (χ0n) is 10.5. The van der Waals surface area contributed by atoms with Crippen LogP contribution in [0.4, 0.5) is 8.78 Å². The van der Waals surface area contributed by atoms with Crippen LogP contribution in [0.3, 0.4) is 0 Å². The number of alkyl halides is 2. The lowest BCUT2D eigenvalue weighted by Gasteiger charge is -2.24. The second kappa shape index (κ2) is 3.88. The smallest absolute Gasteiger partial charge is 0.313 e. The van der Waals surface area contributed by atoms with E-state index >= 15 is 0 Å². The summed E-state index contributed by atoms with van der Waals surface area (Å²) in [5.41, 5.74) is 0. The standard InChI is InChI=1S/C12H14F2O5/c1-4(12(2,13)14)17-10(15)7-5-3-6-9(18-5)8(7)11(16)19-6/h4-9H,3H2,1-2H3. The van der Waals surface area contributed by atoms with Gasteiger partial charge in [0.2, 0.25) is 0 Å². The molecule has 19 heavy (non-hydrogen) atoms. The van der Waals surface area contributed by atoms with Crippen LogP contribution in [0.1, 0.15) is 20.3 Å². The van der Waals surface area contributed by atoms with Crippen molar-refractivity contribution < 1.29 is 32.6 Å². The largest absolute Gasteiger partial charge is 0.459 e. The zero-order chi connectivity index (χ0) is 13.9. The average molecular weight is 276 g/mol. The molecule has 0 N–H and O–H groups in total. The maximum Gasteiger partial charge on any atom is 0.313 e. The topological polar surface area (TPSA) is 61.8 Å². The molecular formula is C12H14F2O5. The first-order valence-electron chi connectivity index (χ1n) is 6.23. The lowest BCUT2D eigenvalue weighted by atomic mass is 9.80. The van der Waals surface area contributed by atoms with Gasteiger partial charge in [-0.15, -0.1) is 0 Å². The number of hydrogen-bond acceptors (Lipinski definition) is 5. The molecule has 7 heteroatoms. The van der Waals surface area contributed by atoms with Crippen molar-refractivity contribution >= 4 is 11.9 Å². The van der Waals surface area contributed by atoms with E-state index in [1.165, 1.54) is 0 Å². The third-order valence-corrected chi connectivity index (χ3v) is 4.12. The summed E-state index contributed by atoms with van der Waals surface area (Å²) in [6.07, 6.45) is -2.28. The first-order valence-corrected chi connectivity index (χ1v) is 6.23. The van der Waals surface area contributed by atoms with Crippen molar-refractivity contribution in [1.29, 1.82) is 0 Å². The molecule has 0 saturated carbocycles. The molecule has 3 aliphatic rings. The van der Waals surface area contributed by atoms with E-state index < -0.39 is 48.0 Å². The molecule has 6 atom stereocenters. The van der Waals surface area contributed by atoms with Crippen LogP contribution in [-0.4, -0.2) is 42.3 Å². The number of halogens is 2. The number of rotatable bonds is 3. The van der Waals surface area contributed by atoms with Crippen molar-refractivity contribution in [3.8, 4) is 0 Å². The van der Waals surface area contributed by atoms with E-state index in [4.69, 9.17) is 14.2 Å². The van der Waals surface area contributed by atoms with Crippen LogP contribution in [0.15, 0.2) is 0 Å². The number of carbonyl (C=O) groups excluding carboxylic acids is 2. The Morgan fingerprint density at radius 1 is 1.47 bits per heavy atom. The third kappa shape index (κ3) is 1.82. The van der Waals surface area contributed by atoms with Crippen LogP contribution in [0.5, 0.6) is 0 Å². The summed E-state index contributed by atoms with van der Waals surface area (Å²) >= 11 is 0. The fourth-order valence-electron chi connectivity index (χ4n) is 2.97. The summed E-state index contributed by atoms with van der Waals surface area (Å²) < 4.78 is 41.4. The third-order valence-electron chi connectivity index (χ3n) is 4.12. The van der Waals surface area contributed by atoms with Crippen LogP contribution >= 0.6 is 0 Å². The zero-order valence-corrected chi connectivity index (χ0v) is 10.5. The molecular weight excluding hydrogens is 262 g/mol. The van der Waals surface area contributed by atoms with E-state index in [1.54, 1.807) is 0 Å². The Morgan fingerprint density at radius 2 is 2.16 bits per heavy atom. The summed E-state index contributed by atoms with van der Waals surface area (Å²) in [4.78, 5) is 23.6. The van der Waals surface area contributed by atoms with Gasteiger partial charge in [-0.25, -0.2) is 8.78 Å².